The molecule has 0 aromatic carbocycles. The van der Waals surface area contributed by atoms with Crippen molar-refractivity contribution in [3.8, 4) is 11.5 Å². The number of hydrogen-bond donors (Lipinski definition) is 2. The molecule has 7 heteroatoms. The van der Waals surface area contributed by atoms with Crippen molar-refractivity contribution in [3.63, 3.8) is 0 Å². The first kappa shape index (κ1) is 15.8. The van der Waals surface area contributed by atoms with E-state index >= 15 is 0 Å². The van der Waals surface area contributed by atoms with E-state index in [1.165, 1.54) is 12.3 Å². The van der Waals surface area contributed by atoms with Crippen molar-refractivity contribution in [3.05, 3.63) is 30.2 Å². The molecule has 2 N–H and O–H groups in total. The van der Waals surface area contributed by atoms with Crippen molar-refractivity contribution >= 4 is 11.9 Å². The number of rotatable bonds is 7. The zero-order valence-electron chi connectivity index (χ0n) is 12.5. The van der Waals surface area contributed by atoms with Crippen LogP contribution in [0.1, 0.15) is 37.2 Å². The van der Waals surface area contributed by atoms with E-state index in [-0.39, 0.29) is 12.2 Å². The Morgan fingerprint density at radius 3 is 2.59 bits per heavy atom. The lowest BCUT2D eigenvalue weighted by Gasteiger charge is -2.26. The van der Waals surface area contributed by atoms with Gasteiger partial charge in [0.1, 0.15) is 0 Å². The van der Waals surface area contributed by atoms with E-state index < -0.39 is 17.3 Å². The lowest BCUT2D eigenvalue weighted by atomic mass is 9.82. The molecular formula is C15H18N2O5. The van der Waals surface area contributed by atoms with Gasteiger partial charge in [-0.1, -0.05) is 19.0 Å². The molecule has 1 amide bonds. The van der Waals surface area contributed by atoms with Gasteiger partial charge in [-0.15, -0.1) is 0 Å². The van der Waals surface area contributed by atoms with Crippen LogP contribution in [0.15, 0.2) is 33.4 Å². The maximum absolute atomic E-state index is 12.1. The molecule has 0 saturated heterocycles. The summed E-state index contributed by atoms with van der Waals surface area (Å²) in [7, 11) is 0. The van der Waals surface area contributed by atoms with Gasteiger partial charge in [-0.3, -0.25) is 9.59 Å². The zero-order valence-corrected chi connectivity index (χ0v) is 12.5. The smallest absolute Gasteiger partial charge is 0.311 e. The summed E-state index contributed by atoms with van der Waals surface area (Å²) in [5.74, 6) is -0.595. The minimum atomic E-state index is -0.969. The fourth-order valence-corrected chi connectivity index (χ4v) is 2.14. The fourth-order valence-electron chi connectivity index (χ4n) is 2.14. The maximum atomic E-state index is 12.1. The Labute approximate surface area is 127 Å². The number of nitrogens with one attached hydrogen (secondary N) is 1. The molecule has 2 rings (SSSR count). The first-order valence-electron chi connectivity index (χ1n) is 7.04. The summed E-state index contributed by atoms with van der Waals surface area (Å²) in [4.78, 5) is 23.5. The van der Waals surface area contributed by atoms with Crippen molar-refractivity contribution in [2.75, 3.05) is 6.54 Å². The van der Waals surface area contributed by atoms with E-state index in [0.717, 1.165) is 0 Å². The van der Waals surface area contributed by atoms with Crippen molar-refractivity contribution in [1.29, 1.82) is 0 Å². The van der Waals surface area contributed by atoms with Gasteiger partial charge < -0.3 is 19.4 Å². The summed E-state index contributed by atoms with van der Waals surface area (Å²) in [6, 6.07) is 4.83. The highest BCUT2D eigenvalue weighted by Crippen LogP contribution is 2.26. The highest BCUT2D eigenvalue weighted by molar-refractivity contribution is 5.93. The zero-order chi connectivity index (χ0) is 16.2. The van der Waals surface area contributed by atoms with E-state index in [1.54, 1.807) is 26.0 Å². The predicted molar refractivity (Wildman–Crippen MR) is 77.2 cm³/mol. The van der Waals surface area contributed by atoms with Gasteiger partial charge in [-0.25, -0.2) is 0 Å². The first-order chi connectivity index (χ1) is 10.5. The van der Waals surface area contributed by atoms with Gasteiger partial charge in [0.15, 0.2) is 11.5 Å². The molecule has 0 saturated carbocycles. The van der Waals surface area contributed by atoms with Crippen LogP contribution in [-0.4, -0.2) is 28.7 Å². The van der Waals surface area contributed by atoms with Crippen LogP contribution in [0.3, 0.4) is 0 Å². The Morgan fingerprint density at radius 2 is 2.05 bits per heavy atom. The summed E-state index contributed by atoms with van der Waals surface area (Å²) in [6.07, 6.45) is 2.34. The van der Waals surface area contributed by atoms with Gasteiger partial charge in [-0.2, -0.15) is 0 Å². The van der Waals surface area contributed by atoms with Gasteiger partial charge in [0.05, 0.1) is 11.7 Å². The number of hydrogen-bond acceptors (Lipinski definition) is 5. The van der Waals surface area contributed by atoms with E-state index in [1.807, 2.05) is 0 Å². The number of carboxylic acids is 1. The molecule has 7 nitrogen and oxygen atoms in total. The highest BCUT2D eigenvalue weighted by atomic mass is 16.5. The number of amides is 1. The van der Waals surface area contributed by atoms with Crippen LogP contribution in [0, 0.1) is 5.41 Å². The van der Waals surface area contributed by atoms with E-state index in [2.05, 4.69) is 10.5 Å². The fraction of sp³-hybridized carbons (Fsp3) is 0.400. The predicted octanol–water partition coefficient (Wildman–Crippen LogP) is 2.56. The Balaban J connectivity index is 2.05. The molecule has 22 heavy (non-hydrogen) atoms. The normalized spacial score (nSPS) is 11.4. The molecule has 0 atom stereocenters. The van der Waals surface area contributed by atoms with Crippen molar-refractivity contribution in [2.24, 2.45) is 5.41 Å². The van der Waals surface area contributed by atoms with Crippen LogP contribution in [0.25, 0.3) is 11.5 Å². The number of carboxylic acid groups (broad SMARTS) is 1. The minimum Gasteiger partial charge on any atom is -0.481 e. The van der Waals surface area contributed by atoms with Crippen molar-refractivity contribution < 1.29 is 23.6 Å². The summed E-state index contributed by atoms with van der Waals surface area (Å²) >= 11 is 0. The number of aromatic nitrogens is 1. The van der Waals surface area contributed by atoms with Crippen molar-refractivity contribution in [1.82, 2.24) is 10.5 Å². The maximum Gasteiger partial charge on any atom is 0.311 e. The average molecular weight is 306 g/mol. The molecule has 0 aliphatic rings. The molecule has 2 heterocycles. The molecule has 0 fully saturated rings. The molecule has 118 valence electrons. The quantitative estimate of drug-likeness (QED) is 0.814. The molecule has 0 unspecified atom stereocenters. The Morgan fingerprint density at radius 1 is 1.32 bits per heavy atom. The number of carbonyl (C=O) groups excluding carboxylic acids is 1. The number of nitrogens with zero attached hydrogens (tertiary/aromatic N) is 1. The summed E-state index contributed by atoms with van der Waals surface area (Å²) in [5, 5.41) is 15.6. The first-order valence-corrected chi connectivity index (χ1v) is 7.04. The van der Waals surface area contributed by atoms with E-state index in [9.17, 15) is 14.7 Å². The van der Waals surface area contributed by atoms with Crippen LogP contribution in [-0.2, 0) is 4.79 Å². The third-order valence-corrected chi connectivity index (χ3v) is 3.90. The molecular weight excluding hydrogens is 288 g/mol. The van der Waals surface area contributed by atoms with Gasteiger partial charge >= 0.3 is 5.97 Å². The van der Waals surface area contributed by atoms with Crippen LogP contribution in [0.2, 0.25) is 0 Å². The number of carbonyl (C=O) groups is 2. The second-order valence-electron chi connectivity index (χ2n) is 5.03. The van der Waals surface area contributed by atoms with E-state index in [0.29, 0.717) is 24.4 Å². The van der Waals surface area contributed by atoms with E-state index in [4.69, 9.17) is 8.94 Å². The van der Waals surface area contributed by atoms with Crippen LogP contribution in [0.5, 0.6) is 0 Å². The second-order valence-corrected chi connectivity index (χ2v) is 5.03. The third-order valence-electron chi connectivity index (χ3n) is 3.90. The Hall–Kier alpha value is -2.57. The molecule has 0 radical (unpaired) electrons. The lowest BCUT2D eigenvalue weighted by Crippen LogP contribution is -2.42. The van der Waals surface area contributed by atoms with Gasteiger partial charge in [0.25, 0.3) is 5.91 Å². The number of furan rings is 1. The third kappa shape index (κ3) is 3.03. The van der Waals surface area contributed by atoms with Gasteiger partial charge in [-0.05, 0) is 25.0 Å². The van der Waals surface area contributed by atoms with Crippen LogP contribution >= 0.6 is 0 Å². The number of aliphatic carboxylic acids is 1. The summed E-state index contributed by atoms with van der Waals surface area (Å²) in [6.45, 7) is 3.61. The lowest BCUT2D eigenvalue weighted by molar-refractivity contribution is -0.149. The second kappa shape index (κ2) is 6.46. The Bertz CT molecular complexity index is 641. The molecule has 0 aliphatic carbocycles. The monoisotopic (exact) mass is 306 g/mol. The molecule has 2 aromatic heterocycles. The molecule has 0 aliphatic heterocycles. The largest absolute Gasteiger partial charge is 0.481 e. The molecule has 0 bridgehead atoms. The average Bonchev–Trinajstić information content (AvgIpc) is 3.19. The van der Waals surface area contributed by atoms with Crippen LogP contribution in [0.4, 0.5) is 0 Å². The molecule has 2 aromatic rings. The van der Waals surface area contributed by atoms with Gasteiger partial charge in [0.2, 0.25) is 5.76 Å². The minimum absolute atomic E-state index is 0.0388. The standard InChI is InChI=1S/C15H18N2O5/c1-3-15(4-2,14(19)20)9-16-13(18)10-8-12(22-17-10)11-6-5-7-21-11/h5-8H,3-4,9H2,1-2H3,(H,16,18)(H,19,20). The molecule has 0 spiro atoms. The van der Waals surface area contributed by atoms with Gasteiger partial charge in [0, 0.05) is 12.6 Å². The SMILES string of the molecule is CCC(CC)(CNC(=O)c1cc(-c2ccco2)on1)C(=O)O. The summed E-state index contributed by atoms with van der Waals surface area (Å²) < 4.78 is 10.2. The van der Waals surface area contributed by atoms with Crippen LogP contribution < -0.4 is 5.32 Å². The highest BCUT2D eigenvalue weighted by Gasteiger charge is 2.35. The summed E-state index contributed by atoms with van der Waals surface area (Å²) in [5.41, 5.74) is -0.888. The van der Waals surface area contributed by atoms with Crippen molar-refractivity contribution in [2.45, 2.75) is 26.7 Å². The Kier molecular flexibility index (Phi) is 4.65. The topological polar surface area (TPSA) is 106 Å².